The molecule has 1 aliphatic carbocycles. The van der Waals surface area contributed by atoms with Crippen LogP contribution in [0.3, 0.4) is 0 Å². The van der Waals surface area contributed by atoms with Gasteiger partial charge in [-0.1, -0.05) is 0 Å². The Morgan fingerprint density at radius 2 is 2.33 bits per heavy atom. The standard InChI is InChI=1S/C10H12N4S/c1-6-2-5-8(15-6)9-12-10(14-13-9)11-7-3-4-7/h2,5,7H,3-4H2,1H3,(H2,11,12,13,14). The first-order valence-corrected chi connectivity index (χ1v) is 5.89. The summed E-state index contributed by atoms with van der Waals surface area (Å²) < 4.78 is 0. The molecule has 0 aromatic carbocycles. The van der Waals surface area contributed by atoms with Crippen LogP contribution in [0.25, 0.3) is 10.7 Å². The second-order valence-electron chi connectivity index (χ2n) is 3.84. The molecule has 0 amide bonds. The molecule has 0 radical (unpaired) electrons. The summed E-state index contributed by atoms with van der Waals surface area (Å²) in [4.78, 5) is 6.84. The highest BCUT2D eigenvalue weighted by atomic mass is 32.1. The van der Waals surface area contributed by atoms with Gasteiger partial charge < -0.3 is 5.32 Å². The summed E-state index contributed by atoms with van der Waals surface area (Å²) >= 11 is 1.73. The maximum atomic E-state index is 4.41. The maximum Gasteiger partial charge on any atom is 0.242 e. The van der Waals surface area contributed by atoms with Gasteiger partial charge in [0.15, 0.2) is 5.82 Å². The van der Waals surface area contributed by atoms with E-state index in [-0.39, 0.29) is 0 Å². The third kappa shape index (κ3) is 1.87. The highest BCUT2D eigenvalue weighted by Gasteiger charge is 2.22. The monoisotopic (exact) mass is 220 g/mol. The van der Waals surface area contributed by atoms with Crippen molar-refractivity contribution in [1.29, 1.82) is 0 Å². The van der Waals surface area contributed by atoms with Crippen molar-refractivity contribution >= 4 is 17.3 Å². The lowest BCUT2D eigenvalue weighted by Gasteiger charge is -1.93. The molecule has 0 bridgehead atoms. The molecule has 4 nitrogen and oxygen atoms in total. The number of aromatic amines is 1. The van der Waals surface area contributed by atoms with Gasteiger partial charge in [-0.25, -0.2) is 0 Å². The Balaban J connectivity index is 1.82. The molecule has 2 aromatic heterocycles. The Hall–Kier alpha value is -1.36. The molecule has 0 saturated heterocycles. The molecular weight excluding hydrogens is 208 g/mol. The number of hydrogen-bond acceptors (Lipinski definition) is 4. The molecule has 0 atom stereocenters. The van der Waals surface area contributed by atoms with E-state index in [4.69, 9.17) is 0 Å². The van der Waals surface area contributed by atoms with Crippen molar-refractivity contribution < 1.29 is 0 Å². The molecule has 0 aliphatic heterocycles. The third-order valence-electron chi connectivity index (χ3n) is 2.37. The number of H-pyrrole nitrogens is 1. The van der Waals surface area contributed by atoms with Gasteiger partial charge in [0.05, 0.1) is 4.88 Å². The number of thiophene rings is 1. The third-order valence-corrected chi connectivity index (χ3v) is 3.38. The molecule has 78 valence electrons. The van der Waals surface area contributed by atoms with Gasteiger partial charge in [0.25, 0.3) is 0 Å². The molecule has 1 aliphatic rings. The number of aromatic nitrogens is 3. The molecule has 2 N–H and O–H groups in total. The van der Waals surface area contributed by atoms with Crippen LogP contribution in [-0.4, -0.2) is 21.2 Å². The van der Waals surface area contributed by atoms with E-state index < -0.39 is 0 Å². The van der Waals surface area contributed by atoms with Crippen LogP contribution >= 0.6 is 11.3 Å². The minimum Gasteiger partial charge on any atom is -0.350 e. The van der Waals surface area contributed by atoms with Crippen LogP contribution in [0.15, 0.2) is 12.1 Å². The number of nitrogens with zero attached hydrogens (tertiary/aromatic N) is 2. The van der Waals surface area contributed by atoms with Gasteiger partial charge in [-0.3, -0.25) is 5.10 Å². The average molecular weight is 220 g/mol. The lowest BCUT2D eigenvalue weighted by atomic mass is 10.4. The summed E-state index contributed by atoms with van der Waals surface area (Å²) in [5.41, 5.74) is 0. The second-order valence-corrected chi connectivity index (χ2v) is 5.12. The minimum atomic E-state index is 0.596. The number of hydrogen-bond donors (Lipinski definition) is 2. The number of nitrogens with one attached hydrogen (secondary N) is 2. The fourth-order valence-corrected chi connectivity index (χ4v) is 2.22. The van der Waals surface area contributed by atoms with E-state index in [9.17, 15) is 0 Å². The van der Waals surface area contributed by atoms with E-state index in [1.165, 1.54) is 17.7 Å². The predicted molar refractivity (Wildman–Crippen MR) is 61.1 cm³/mol. The quantitative estimate of drug-likeness (QED) is 0.835. The Bertz CT molecular complexity index is 469. The van der Waals surface area contributed by atoms with E-state index in [1.807, 2.05) is 0 Å². The van der Waals surface area contributed by atoms with Gasteiger partial charge in [0.1, 0.15) is 0 Å². The largest absolute Gasteiger partial charge is 0.350 e. The molecule has 0 spiro atoms. The van der Waals surface area contributed by atoms with Gasteiger partial charge in [0.2, 0.25) is 5.95 Å². The summed E-state index contributed by atoms with van der Waals surface area (Å²) in [5.74, 6) is 1.58. The average Bonchev–Trinajstić information content (AvgIpc) is 2.74. The van der Waals surface area contributed by atoms with Crippen molar-refractivity contribution in [2.75, 3.05) is 5.32 Å². The van der Waals surface area contributed by atoms with E-state index in [1.54, 1.807) is 11.3 Å². The first-order chi connectivity index (χ1) is 7.31. The van der Waals surface area contributed by atoms with Crippen molar-refractivity contribution in [3.63, 3.8) is 0 Å². The van der Waals surface area contributed by atoms with E-state index in [2.05, 4.69) is 39.6 Å². The molecule has 2 heterocycles. The summed E-state index contributed by atoms with van der Waals surface area (Å²) in [7, 11) is 0. The van der Waals surface area contributed by atoms with Crippen LogP contribution in [0.2, 0.25) is 0 Å². The minimum absolute atomic E-state index is 0.596. The molecule has 0 unspecified atom stereocenters. The first-order valence-electron chi connectivity index (χ1n) is 5.07. The highest BCUT2D eigenvalue weighted by molar-refractivity contribution is 7.15. The van der Waals surface area contributed by atoms with Crippen LogP contribution < -0.4 is 5.32 Å². The normalized spacial score (nSPS) is 15.5. The fraction of sp³-hybridized carbons (Fsp3) is 0.400. The van der Waals surface area contributed by atoms with Crippen molar-refractivity contribution in [2.24, 2.45) is 0 Å². The Kier molecular flexibility index (Phi) is 1.98. The zero-order chi connectivity index (χ0) is 10.3. The number of rotatable bonds is 3. The van der Waals surface area contributed by atoms with E-state index in [0.717, 1.165) is 16.6 Å². The zero-order valence-electron chi connectivity index (χ0n) is 8.45. The van der Waals surface area contributed by atoms with Crippen molar-refractivity contribution in [1.82, 2.24) is 15.2 Å². The summed E-state index contributed by atoms with van der Waals surface area (Å²) in [6.45, 7) is 2.09. The van der Waals surface area contributed by atoms with Crippen molar-refractivity contribution in [3.05, 3.63) is 17.0 Å². The lowest BCUT2D eigenvalue weighted by molar-refractivity contribution is 1.04. The Morgan fingerprint density at radius 3 is 3.00 bits per heavy atom. The fourth-order valence-electron chi connectivity index (χ4n) is 1.41. The smallest absolute Gasteiger partial charge is 0.242 e. The molecule has 2 aromatic rings. The molecule has 1 saturated carbocycles. The SMILES string of the molecule is Cc1ccc(-c2nc(NC3CC3)n[nH]2)s1. The maximum absolute atomic E-state index is 4.41. The lowest BCUT2D eigenvalue weighted by Crippen LogP contribution is -2.01. The van der Waals surface area contributed by atoms with Crippen LogP contribution in [0.4, 0.5) is 5.95 Å². The second kappa shape index (κ2) is 3.34. The molecule has 5 heteroatoms. The molecule has 15 heavy (non-hydrogen) atoms. The summed E-state index contributed by atoms with van der Waals surface area (Å²) in [6.07, 6.45) is 2.48. The Morgan fingerprint density at radius 1 is 1.47 bits per heavy atom. The van der Waals surface area contributed by atoms with Gasteiger partial charge in [-0.2, -0.15) is 4.98 Å². The summed E-state index contributed by atoms with van der Waals surface area (Å²) in [5, 5.41) is 10.4. The van der Waals surface area contributed by atoms with Crippen molar-refractivity contribution in [3.8, 4) is 10.7 Å². The Labute approximate surface area is 91.7 Å². The van der Waals surface area contributed by atoms with Gasteiger partial charge in [-0.05, 0) is 31.9 Å². The van der Waals surface area contributed by atoms with E-state index >= 15 is 0 Å². The van der Waals surface area contributed by atoms with Crippen LogP contribution in [-0.2, 0) is 0 Å². The van der Waals surface area contributed by atoms with E-state index in [0.29, 0.717) is 6.04 Å². The van der Waals surface area contributed by atoms with Crippen molar-refractivity contribution in [2.45, 2.75) is 25.8 Å². The predicted octanol–water partition coefficient (Wildman–Crippen LogP) is 2.42. The number of aryl methyl sites for hydroxylation is 1. The molecule has 1 fully saturated rings. The first kappa shape index (κ1) is 8.91. The van der Waals surface area contributed by atoms with Crippen LogP contribution in [0.1, 0.15) is 17.7 Å². The summed E-state index contributed by atoms with van der Waals surface area (Å²) in [6, 6.07) is 4.76. The van der Waals surface area contributed by atoms with Gasteiger partial charge in [0, 0.05) is 10.9 Å². The van der Waals surface area contributed by atoms with Crippen LogP contribution in [0.5, 0.6) is 0 Å². The van der Waals surface area contributed by atoms with Crippen LogP contribution in [0, 0.1) is 6.92 Å². The number of anilines is 1. The van der Waals surface area contributed by atoms with Gasteiger partial charge >= 0.3 is 0 Å². The topological polar surface area (TPSA) is 53.6 Å². The molecule has 3 rings (SSSR count). The molecular formula is C10H12N4S. The zero-order valence-corrected chi connectivity index (χ0v) is 9.27. The highest BCUT2D eigenvalue weighted by Crippen LogP contribution is 2.27. The van der Waals surface area contributed by atoms with Gasteiger partial charge in [-0.15, -0.1) is 16.4 Å².